The molecule has 0 radical (unpaired) electrons. The summed E-state index contributed by atoms with van der Waals surface area (Å²) in [6.07, 6.45) is 0. The summed E-state index contributed by atoms with van der Waals surface area (Å²) in [4.78, 5) is 0. The van der Waals surface area contributed by atoms with E-state index in [9.17, 15) is 0 Å². The second kappa shape index (κ2) is 6.73. The van der Waals surface area contributed by atoms with Crippen LogP contribution >= 0.6 is 23.2 Å². The summed E-state index contributed by atoms with van der Waals surface area (Å²) in [5.41, 5.74) is 7.17. The van der Waals surface area contributed by atoms with Crippen molar-refractivity contribution < 1.29 is 9.47 Å². The van der Waals surface area contributed by atoms with Gasteiger partial charge in [0.1, 0.15) is 24.7 Å². The Kier molecular flexibility index (Phi) is 4.99. The van der Waals surface area contributed by atoms with Crippen molar-refractivity contribution in [2.45, 2.75) is 6.92 Å². The van der Waals surface area contributed by atoms with Crippen LogP contribution in [0, 0.1) is 6.92 Å². The van der Waals surface area contributed by atoms with Gasteiger partial charge in [-0.3, -0.25) is 0 Å². The molecule has 2 aromatic carbocycles. The lowest BCUT2D eigenvalue weighted by molar-refractivity contribution is 0.217. The minimum absolute atomic E-state index is 0.419. The third-order valence-electron chi connectivity index (χ3n) is 2.72. The molecule has 0 aliphatic heterocycles. The van der Waals surface area contributed by atoms with Crippen LogP contribution in [0.5, 0.6) is 11.5 Å². The average molecular weight is 312 g/mol. The quantitative estimate of drug-likeness (QED) is 0.660. The molecule has 20 heavy (non-hydrogen) atoms. The van der Waals surface area contributed by atoms with E-state index in [4.69, 9.17) is 38.4 Å². The van der Waals surface area contributed by atoms with Gasteiger partial charge in [0.15, 0.2) is 0 Å². The first-order valence-corrected chi connectivity index (χ1v) is 6.88. The third kappa shape index (κ3) is 3.95. The normalized spacial score (nSPS) is 10.3. The zero-order chi connectivity index (χ0) is 14.5. The van der Waals surface area contributed by atoms with Gasteiger partial charge < -0.3 is 15.2 Å². The SMILES string of the molecule is Cc1cc(OCCOc2ccc(Cl)c(N)c2)ccc1Cl. The monoisotopic (exact) mass is 311 g/mol. The predicted octanol–water partition coefficient (Wildman–Crippen LogP) is 4.34. The molecule has 0 amide bonds. The maximum Gasteiger partial charge on any atom is 0.122 e. The van der Waals surface area contributed by atoms with Crippen LogP contribution in [-0.2, 0) is 0 Å². The molecule has 0 aliphatic rings. The van der Waals surface area contributed by atoms with Crippen molar-refractivity contribution in [2.24, 2.45) is 0 Å². The summed E-state index contributed by atoms with van der Waals surface area (Å²) in [6.45, 7) is 2.79. The second-order valence-electron chi connectivity index (χ2n) is 4.29. The number of rotatable bonds is 5. The van der Waals surface area contributed by atoms with Crippen molar-refractivity contribution in [3.63, 3.8) is 0 Å². The van der Waals surface area contributed by atoms with E-state index < -0.39 is 0 Å². The number of benzene rings is 2. The lowest BCUT2D eigenvalue weighted by Crippen LogP contribution is -2.09. The number of halogens is 2. The molecule has 0 aliphatic carbocycles. The zero-order valence-corrected chi connectivity index (χ0v) is 12.5. The Morgan fingerprint density at radius 1 is 0.900 bits per heavy atom. The molecule has 106 valence electrons. The zero-order valence-electron chi connectivity index (χ0n) is 11.0. The van der Waals surface area contributed by atoms with Crippen LogP contribution in [0.25, 0.3) is 0 Å². The van der Waals surface area contributed by atoms with E-state index in [1.807, 2.05) is 25.1 Å². The Bertz CT molecular complexity index is 549. The van der Waals surface area contributed by atoms with Crippen molar-refractivity contribution in [3.8, 4) is 11.5 Å². The molecule has 0 saturated carbocycles. The van der Waals surface area contributed by atoms with E-state index in [1.54, 1.807) is 18.2 Å². The van der Waals surface area contributed by atoms with E-state index in [0.29, 0.717) is 29.7 Å². The van der Waals surface area contributed by atoms with Crippen LogP contribution in [0.1, 0.15) is 5.56 Å². The van der Waals surface area contributed by atoms with Gasteiger partial charge in [0.25, 0.3) is 0 Å². The minimum Gasteiger partial charge on any atom is -0.490 e. The van der Waals surface area contributed by atoms with E-state index in [0.717, 1.165) is 16.3 Å². The number of anilines is 1. The summed E-state index contributed by atoms with van der Waals surface area (Å²) in [6, 6.07) is 10.7. The lowest BCUT2D eigenvalue weighted by atomic mass is 10.2. The van der Waals surface area contributed by atoms with Crippen LogP contribution in [-0.4, -0.2) is 13.2 Å². The van der Waals surface area contributed by atoms with E-state index >= 15 is 0 Å². The van der Waals surface area contributed by atoms with Gasteiger partial charge in [-0.2, -0.15) is 0 Å². The van der Waals surface area contributed by atoms with Gasteiger partial charge in [-0.1, -0.05) is 23.2 Å². The highest BCUT2D eigenvalue weighted by atomic mass is 35.5. The van der Waals surface area contributed by atoms with Gasteiger partial charge in [0.05, 0.1) is 10.7 Å². The average Bonchev–Trinajstić information content (AvgIpc) is 2.42. The highest BCUT2D eigenvalue weighted by Crippen LogP contribution is 2.24. The predicted molar refractivity (Wildman–Crippen MR) is 83.0 cm³/mol. The molecule has 3 nitrogen and oxygen atoms in total. The van der Waals surface area contributed by atoms with E-state index in [1.165, 1.54) is 0 Å². The van der Waals surface area contributed by atoms with Crippen LogP contribution in [0.2, 0.25) is 10.0 Å². The molecule has 0 atom stereocenters. The highest BCUT2D eigenvalue weighted by Gasteiger charge is 2.01. The number of hydrogen-bond acceptors (Lipinski definition) is 3. The van der Waals surface area contributed by atoms with Gasteiger partial charge in [0, 0.05) is 11.1 Å². The Morgan fingerprint density at radius 2 is 1.45 bits per heavy atom. The maximum absolute atomic E-state index is 5.95. The minimum atomic E-state index is 0.419. The highest BCUT2D eigenvalue weighted by molar-refractivity contribution is 6.33. The lowest BCUT2D eigenvalue weighted by Gasteiger charge is -2.10. The van der Waals surface area contributed by atoms with Crippen molar-refractivity contribution in [3.05, 3.63) is 52.0 Å². The number of hydrogen-bond donors (Lipinski definition) is 1. The molecular formula is C15H15Cl2NO2. The molecule has 0 saturated heterocycles. The summed E-state index contributed by atoms with van der Waals surface area (Å²) >= 11 is 11.8. The topological polar surface area (TPSA) is 44.5 Å². The van der Waals surface area contributed by atoms with Gasteiger partial charge in [-0.05, 0) is 42.8 Å². The van der Waals surface area contributed by atoms with Crippen LogP contribution < -0.4 is 15.2 Å². The number of nitrogens with two attached hydrogens (primary N) is 1. The van der Waals surface area contributed by atoms with Gasteiger partial charge in [-0.15, -0.1) is 0 Å². The van der Waals surface area contributed by atoms with E-state index in [2.05, 4.69) is 0 Å². The molecule has 2 rings (SSSR count). The molecule has 0 spiro atoms. The summed E-state index contributed by atoms with van der Waals surface area (Å²) < 4.78 is 11.1. The Morgan fingerprint density at radius 3 is 2.00 bits per heavy atom. The fourth-order valence-electron chi connectivity index (χ4n) is 1.64. The number of ether oxygens (including phenoxy) is 2. The fraction of sp³-hybridized carbons (Fsp3) is 0.200. The molecule has 0 heterocycles. The van der Waals surface area contributed by atoms with Gasteiger partial charge >= 0.3 is 0 Å². The molecule has 2 aromatic rings. The molecule has 0 aromatic heterocycles. The molecule has 2 N–H and O–H groups in total. The Hall–Kier alpha value is -1.58. The smallest absolute Gasteiger partial charge is 0.122 e. The van der Waals surface area contributed by atoms with Crippen LogP contribution in [0.4, 0.5) is 5.69 Å². The fourth-order valence-corrected chi connectivity index (χ4v) is 1.87. The molecule has 0 unspecified atom stereocenters. The van der Waals surface area contributed by atoms with E-state index in [-0.39, 0.29) is 0 Å². The van der Waals surface area contributed by atoms with Crippen LogP contribution in [0.3, 0.4) is 0 Å². The standard InChI is InChI=1S/C15H15Cl2NO2/c1-10-8-11(2-4-13(10)16)19-6-7-20-12-3-5-14(17)15(18)9-12/h2-5,8-9H,6-7,18H2,1H3. The molecule has 0 bridgehead atoms. The first-order valence-electron chi connectivity index (χ1n) is 6.13. The van der Waals surface area contributed by atoms with Gasteiger partial charge in [0.2, 0.25) is 0 Å². The number of nitrogen functional groups attached to an aromatic ring is 1. The summed E-state index contributed by atoms with van der Waals surface area (Å²) in [5, 5.41) is 1.25. The molecule has 0 fully saturated rings. The van der Waals surface area contributed by atoms with Crippen molar-refractivity contribution in [2.75, 3.05) is 18.9 Å². The van der Waals surface area contributed by atoms with Crippen molar-refractivity contribution in [1.82, 2.24) is 0 Å². The van der Waals surface area contributed by atoms with Crippen molar-refractivity contribution in [1.29, 1.82) is 0 Å². The Balaban J connectivity index is 1.81. The summed E-state index contributed by atoms with van der Waals surface area (Å²) in [7, 11) is 0. The number of aryl methyl sites for hydroxylation is 1. The van der Waals surface area contributed by atoms with Gasteiger partial charge in [-0.25, -0.2) is 0 Å². The summed E-state index contributed by atoms with van der Waals surface area (Å²) in [5.74, 6) is 1.44. The Labute approximate surface area is 128 Å². The second-order valence-corrected chi connectivity index (χ2v) is 5.11. The molecule has 5 heteroatoms. The van der Waals surface area contributed by atoms with Crippen LogP contribution in [0.15, 0.2) is 36.4 Å². The first-order chi connectivity index (χ1) is 9.56. The molecular weight excluding hydrogens is 297 g/mol. The first kappa shape index (κ1) is 14.8. The third-order valence-corrected chi connectivity index (χ3v) is 3.49. The maximum atomic E-state index is 5.95. The van der Waals surface area contributed by atoms with Crippen molar-refractivity contribution >= 4 is 28.9 Å². The largest absolute Gasteiger partial charge is 0.490 e.